The molecule has 1 atom stereocenters. The zero-order valence-electron chi connectivity index (χ0n) is 10.8. The first-order chi connectivity index (χ1) is 8.51. The molecule has 1 aromatic carbocycles. The maximum atomic E-state index is 11.3. The van der Waals surface area contributed by atoms with E-state index in [1.54, 1.807) is 19.2 Å². The van der Waals surface area contributed by atoms with Crippen molar-refractivity contribution in [3.05, 3.63) is 28.2 Å². The fourth-order valence-corrected chi connectivity index (χ4v) is 2.32. The molecule has 0 fully saturated rings. The molecule has 0 heterocycles. The van der Waals surface area contributed by atoms with Crippen molar-refractivity contribution in [3.8, 4) is 0 Å². The zero-order chi connectivity index (χ0) is 13.7. The molecule has 0 aromatic heterocycles. The van der Waals surface area contributed by atoms with Gasteiger partial charge < -0.3 is 14.7 Å². The number of likely N-dealkylation sites (N-methyl/N-ethyl adjacent to an activating group) is 1. The van der Waals surface area contributed by atoms with Crippen molar-refractivity contribution < 1.29 is 14.6 Å². The number of carboxylic acid groups (broad SMARTS) is 1. The van der Waals surface area contributed by atoms with E-state index in [4.69, 9.17) is 4.74 Å². The van der Waals surface area contributed by atoms with Gasteiger partial charge in [0.1, 0.15) is 0 Å². The van der Waals surface area contributed by atoms with Crippen LogP contribution in [0.3, 0.4) is 0 Å². The van der Waals surface area contributed by atoms with Gasteiger partial charge in [0.25, 0.3) is 0 Å². The van der Waals surface area contributed by atoms with E-state index in [0.717, 1.165) is 11.0 Å². The molecule has 0 saturated carbocycles. The van der Waals surface area contributed by atoms with Crippen molar-refractivity contribution in [2.75, 3.05) is 25.2 Å². The molecule has 100 valence electrons. The second-order valence-electron chi connectivity index (χ2n) is 4.06. The highest BCUT2D eigenvalue weighted by Gasteiger charge is 2.19. The Morgan fingerprint density at radius 1 is 1.56 bits per heavy atom. The van der Waals surface area contributed by atoms with Gasteiger partial charge in [-0.2, -0.15) is 0 Å². The Balaban J connectivity index is 3.18. The molecule has 5 heteroatoms. The van der Waals surface area contributed by atoms with Crippen molar-refractivity contribution in [2.24, 2.45) is 0 Å². The van der Waals surface area contributed by atoms with E-state index >= 15 is 0 Å². The van der Waals surface area contributed by atoms with E-state index in [2.05, 4.69) is 15.9 Å². The summed E-state index contributed by atoms with van der Waals surface area (Å²) in [6.45, 7) is 5.29. The van der Waals surface area contributed by atoms with Gasteiger partial charge in [0, 0.05) is 24.2 Å². The summed E-state index contributed by atoms with van der Waals surface area (Å²) >= 11 is 3.38. The van der Waals surface area contributed by atoms with Crippen LogP contribution >= 0.6 is 15.9 Å². The summed E-state index contributed by atoms with van der Waals surface area (Å²) in [6, 6.07) is 5.30. The smallest absolute Gasteiger partial charge is 0.337 e. The number of benzene rings is 1. The first kappa shape index (κ1) is 15.0. The molecule has 0 aliphatic rings. The molecule has 0 spiro atoms. The minimum atomic E-state index is -0.916. The SMILES string of the molecule is CCN(c1cc(Br)ccc1C(=O)O)C(C)COC. The average molecular weight is 316 g/mol. The first-order valence-corrected chi connectivity index (χ1v) is 6.59. The topological polar surface area (TPSA) is 49.8 Å². The van der Waals surface area contributed by atoms with Gasteiger partial charge in [-0.15, -0.1) is 0 Å². The fraction of sp³-hybridized carbons (Fsp3) is 0.462. The van der Waals surface area contributed by atoms with Crippen LogP contribution in [-0.4, -0.2) is 37.4 Å². The van der Waals surface area contributed by atoms with Gasteiger partial charge in [-0.25, -0.2) is 4.79 Å². The number of rotatable bonds is 6. The lowest BCUT2D eigenvalue weighted by atomic mass is 10.1. The lowest BCUT2D eigenvalue weighted by Crippen LogP contribution is -2.37. The van der Waals surface area contributed by atoms with Crippen molar-refractivity contribution in [3.63, 3.8) is 0 Å². The minimum Gasteiger partial charge on any atom is -0.478 e. The Kier molecular flexibility index (Phi) is 5.62. The molecular formula is C13H18BrNO3. The summed E-state index contributed by atoms with van der Waals surface area (Å²) < 4.78 is 6.00. The molecule has 4 nitrogen and oxygen atoms in total. The van der Waals surface area contributed by atoms with E-state index in [-0.39, 0.29) is 6.04 Å². The number of methoxy groups -OCH3 is 1. The van der Waals surface area contributed by atoms with Gasteiger partial charge in [-0.1, -0.05) is 15.9 Å². The quantitative estimate of drug-likeness (QED) is 0.876. The van der Waals surface area contributed by atoms with Gasteiger partial charge >= 0.3 is 5.97 Å². The molecule has 1 unspecified atom stereocenters. The van der Waals surface area contributed by atoms with Crippen LogP contribution in [0.15, 0.2) is 22.7 Å². The summed E-state index contributed by atoms with van der Waals surface area (Å²) in [5, 5.41) is 9.24. The normalized spacial score (nSPS) is 12.2. The van der Waals surface area contributed by atoms with E-state index in [1.807, 2.05) is 24.8 Å². The number of ether oxygens (including phenoxy) is 1. The Labute approximate surface area is 116 Å². The summed E-state index contributed by atoms with van der Waals surface area (Å²) in [5.41, 5.74) is 1.02. The summed E-state index contributed by atoms with van der Waals surface area (Å²) in [5.74, 6) is -0.916. The maximum absolute atomic E-state index is 11.3. The highest BCUT2D eigenvalue weighted by atomic mass is 79.9. The average Bonchev–Trinajstić information content (AvgIpc) is 2.30. The fourth-order valence-electron chi connectivity index (χ4n) is 1.97. The third-order valence-corrected chi connectivity index (χ3v) is 3.27. The number of hydrogen-bond donors (Lipinski definition) is 1. The predicted octanol–water partition coefficient (Wildman–Crippen LogP) is 3.01. The number of nitrogens with zero attached hydrogens (tertiary/aromatic N) is 1. The molecule has 1 aromatic rings. The first-order valence-electron chi connectivity index (χ1n) is 5.79. The van der Waals surface area contributed by atoms with Gasteiger partial charge in [-0.05, 0) is 32.0 Å². The minimum absolute atomic E-state index is 0.118. The van der Waals surface area contributed by atoms with Crippen LogP contribution in [0, 0.1) is 0 Å². The second kappa shape index (κ2) is 6.75. The van der Waals surface area contributed by atoms with Crippen LogP contribution in [0.25, 0.3) is 0 Å². The van der Waals surface area contributed by atoms with Crippen molar-refractivity contribution in [1.29, 1.82) is 0 Å². The Morgan fingerprint density at radius 3 is 2.72 bits per heavy atom. The van der Waals surface area contributed by atoms with Crippen LogP contribution in [0.4, 0.5) is 5.69 Å². The molecule has 0 aliphatic carbocycles. The van der Waals surface area contributed by atoms with Gasteiger partial charge in [0.2, 0.25) is 0 Å². The number of aromatic carboxylic acids is 1. The third-order valence-electron chi connectivity index (χ3n) is 2.78. The predicted molar refractivity (Wildman–Crippen MR) is 75.5 cm³/mol. The number of carboxylic acids is 1. The van der Waals surface area contributed by atoms with Crippen molar-refractivity contribution >= 4 is 27.6 Å². The van der Waals surface area contributed by atoms with Crippen LogP contribution in [-0.2, 0) is 4.74 Å². The lowest BCUT2D eigenvalue weighted by Gasteiger charge is -2.31. The van der Waals surface area contributed by atoms with E-state index < -0.39 is 5.97 Å². The molecule has 1 rings (SSSR count). The standard InChI is InChI=1S/C13H18BrNO3/c1-4-15(9(2)8-18-3)12-7-10(14)5-6-11(12)13(16)17/h5-7,9H,4,8H2,1-3H3,(H,16,17). The van der Waals surface area contributed by atoms with Crippen LogP contribution < -0.4 is 4.90 Å². The zero-order valence-corrected chi connectivity index (χ0v) is 12.4. The summed E-state index contributed by atoms with van der Waals surface area (Å²) in [7, 11) is 1.64. The Hall–Kier alpha value is -1.07. The second-order valence-corrected chi connectivity index (χ2v) is 4.97. The summed E-state index contributed by atoms with van der Waals surface area (Å²) in [6.07, 6.45) is 0. The molecule has 0 bridgehead atoms. The molecule has 18 heavy (non-hydrogen) atoms. The number of carbonyl (C=O) groups is 1. The van der Waals surface area contributed by atoms with Gasteiger partial charge in [0.15, 0.2) is 0 Å². The summed E-state index contributed by atoms with van der Waals surface area (Å²) in [4.78, 5) is 13.3. The van der Waals surface area contributed by atoms with Crippen molar-refractivity contribution in [2.45, 2.75) is 19.9 Å². The van der Waals surface area contributed by atoms with Crippen molar-refractivity contribution in [1.82, 2.24) is 0 Å². The molecule has 0 saturated heterocycles. The Morgan fingerprint density at radius 2 is 2.22 bits per heavy atom. The molecule has 1 N–H and O–H groups in total. The van der Waals surface area contributed by atoms with E-state index in [1.165, 1.54) is 0 Å². The number of hydrogen-bond acceptors (Lipinski definition) is 3. The third kappa shape index (κ3) is 3.46. The molecule has 0 aliphatic heterocycles. The maximum Gasteiger partial charge on any atom is 0.337 e. The van der Waals surface area contributed by atoms with Crippen LogP contribution in [0.2, 0.25) is 0 Å². The highest BCUT2D eigenvalue weighted by molar-refractivity contribution is 9.10. The van der Waals surface area contributed by atoms with Crippen LogP contribution in [0.1, 0.15) is 24.2 Å². The van der Waals surface area contributed by atoms with E-state index in [0.29, 0.717) is 17.9 Å². The molecule has 0 amide bonds. The lowest BCUT2D eigenvalue weighted by molar-refractivity contribution is 0.0697. The van der Waals surface area contributed by atoms with Gasteiger partial charge in [-0.3, -0.25) is 0 Å². The van der Waals surface area contributed by atoms with Crippen LogP contribution in [0.5, 0.6) is 0 Å². The molecular weight excluding hydrogens is 298 g/mol. The highest BCUT2D eigenvalue weighted by Crippen LogP contribution is 2.27. The van der Waals surface area contributed by atoms with Gasteiger partial charge in [0.05, 0.1) is 17.9 Å². The van der Waals surface area contributed by atoms with E-state index in [9.17, 15) is 9.90 Å². The Bertz CT molecular complexity index is 423. The molecule has 0 radical (unpaired) electrons. The number of anilines is 1. The largest absolute Gasteiger partial charge is 0.478 e. The monoisotopic (exact) mass is 315 g/mol. The number of halogens is 1.